The fourth-order valence-corrected chi connectivity index (χ4v) is 9.01. The molecule has 6 heteroatoms. The first-order valence-corrected chi connectivity index (χ1v) is 13.8. The average molecular weight is 496 g/mol. The minimum atomic E-state index is -1.16. The summed E-state index contributed by atoms with van der Waals surface area (Å²) in [6, 6.07) is 8.92. The quantitative estimate of drug-likeness (QED) is 0.447. The van der Waals surface area contributed by atoms with E-state index in [4.69, 9.17) is 4.74 Å². The molecule has 4 saturated carbocycles. The fourth-order valence-electron chi connectivity index (χ4n) is 9.01. The Hall–Kier alpha value is -2.21. The SMILES string of the molecule is C[C@@]1(O)CC[C@@]2(F)[C@H](CC[C@H]3[C@@H]4CC[C@H](C(=O)COc5ccc6ccc[n+]([O-])c6c5)[C@@]4(C)CC[C@@H]32)C1. The number of nitrogens with zero attached hydrogens (tertiary/aromatic N) is 1. The number of Topliss-reactive ketones (excluding diaryl/α,β-unsaturated/α-hetero) is 1. The number of rotatable bonds is 4. The van der Waals surface area contributed by atoms with E-state index in [0.717, 1.165) is 48.6 Å². The number of benzene rings is 1. The van der Waals surface area contributed by atoms with E-state index in [0.29, 0.717) is 42.4 Å². The summed E-state index contributed by atoms with van der Waals surface area (Å²) in [5.74, 6) is 1.33. The summed E-state index contributed by atoms with van der Waals surface area (Å²) < 4.78 is 23.3. The zero-order chi connectivity index (χ0) is 25.3. The van der Waals surface area contributed by atoms with Crippen LogP contribution in [-0.4, -0.2) is 28.8 Å². The van der Waals surface area contributed by atoms with Crippen molar-refractivity contribution >= 4 is 16.7 Å². The first-order chi connectivity index (χ1) is 17.1. The molecule has 4 aliphatic rings. The van der Waals surface area contributed by atoms with Crippen molar-refractivity contribution in [3.63, 3.8) is 0 Å². The second-order valence-electron chi connectivity index (χ2n) is 12.8. The second-order valence-corrected chi connectivity index (χ2v) is 12.8. The van der Waals surface area contributed by atoms with Gasteiger partial charge in [-0.2, -0.15) is 4.73 Å². The molecule has 0 bridgehead atoms. The predicted octanol–water partition coefficient (Wildman–Crippen LogP) is 5.53. The lowest BCUT2D eigenvalue weighted by molar-refractivity contribution is -0.577. The molecule has 0 unspecified atom stereocenters. The van der Waals surface area contributed by atoms with E-state index in [9.17, 15) is 15.1 Å². The van der Waals surface area contributed by atoms with Gasteiger partial charge in [0, 0.05) is 17.4 Å². The standard InChI is InChI=1S/C30H38FNO4/c1-28(34)13-14-30(31)20(17-28)6-8-22-23-9-10-25(29(23,2)12-11-24(22)30)27(33)18-36-21-7-5-19-4-3-15-32(35)26(19)16-21/h3-5,7,15-16,20,22-25,34H,6,8-14,17-18H2,1-2H3/t20-,22+,23+,24+,25-,28-,29+,30-/m1/s1. The van der Waals surface area contributed by atoms with Gasteiger partial charge in [0.25, 0.3) is 0 Å². The maximum absolute atomic E-state index is 16.6. The van der Waals surface area contributed by atoms with Gasteiger partial charge >= 0.3 is 0 Å². The molecule has 1 aromatic heterocycles. The molecule has 8 atom stereocenters. The number of ether oxygens (including phenoxy) is 1. The maximum atomic E-state index is 16.6. The van der Waals surface area contributed by atoms with Crippen molar-refractivity contribution in [3.8, 4) is 5.75 Å². The Labute approximate surface area is 212 Å². The van der Waals surface area contributed by atoms with Gasteiger partial charge in [-0.05, 0) is 112 Å². The van der Waals surface area contributed by atoms with E-state index in [-0.39, 0.29) is 35.6 Å². The van der Waals surface area contributed by atoms with E-state index in [1.807, 2.05) is 19.1 Å². The topological polar surface area (TPSA) is 73.5 Å². The van der Waals surface area contributed by atoms with Crippen molar-refractivity contribution in [1.82, 2.24) is 0 Å². The third-order valence-corrected chi connectivity index (χ3v) is 10.8. The van der Waals surface area contributed by atoms with Crippen molar-refractivity contribution in [1.29, 1.82) is 0 Å². The monoisotopic (exact) mass is 495 g/mol. The molecule has 36 heavy (non-hydrogen) atoms. The number of alkyl halides is 1. The van der Waals surface area contributed by atoms with Crippen LogP contribution in [0, 0.1) is 40.2 Å². The van der Waals surface area contributed by atoms with Gasteiger partial charge in [0.1, 0.15) is 18.0 Å². The molecule has 4 fully saturated rings. The minimum absolute atomic E-state index is 0.00245. The van der Waals surface area contributed by atoms with E-state index < -0.39 is 11.3 Å². The molecular weight excluding hydrogens is 457 g/mol. The third kappa shape index (κ3) is 3.74. The highest BCUT2D eigenvalue weighted by atomic mass is 19.1. The van der Waals surface area contributed by atoms with Gasteiger partial charge in [-0.15, -0.1) is 0 Å². The molecule has 6 rings (SSSR count). The highest BCUT2D eigenvalue weighted by Crippen LogP contribution is 2.66. The molecule has 2 aromatic rings. The van der Waals surface area contributed by atoms with E-state index in [1.54, 1.807) is 18.2 Å². The Bertz CT molecular complexity index is 1180. The summed E-state index contributed by atoms with van der Waals surface area (Å²) >= 11 is 0. The number of halogens is 1. The lowest BCUT2D eigenvalue weighted by Gasteiger charge is -2.59. The third-order valence-electron chi connectivity index (χ3n) is 10.8. The lowest BCUT2D eigenvalue weighted by Crippen LogP contribution is -2.58. The lowest BCUT2D eigenvalue weighted by atomic mass is 9.48. The number of hydrogen-bond donors (Lipinski definition) is 1. The number of pyridine rings is 1. The number of hydrogen-bond acceptors (Lipinski definition) is 4. The van der Waals surface area contributed by atoms with Crippen molar-refractivity contribution in [2.75, 3.05) is 6.61 Å². The molecule has 194 valence electrons. The summed E-state index contributed by atoms with van der Waals surface area (Å²) in [6.07, 6.45) is 8.48. The van der Waals surface area contributed by atoms with Gasteiger partial charge in [-0.3, -0.25) is 4.79 Å². The molecular formula is C30H38FNO4. The number of ketones is 1. The van der Waals surface area contributed by atoms with Crippen molar-refractivity contribution in [2.45, 2.75) is 82.9 Å². The van der Waals surface area contributed by atoms with Crippen LogP contribution in [0.15, 0.2) is 36.5 Å². The van der Waals surface area contributed by atoms with Gasteiger partial charge in [-0.25, -0.2) is 4.39 Å². The largest absolute Gasteiger partial charge is 0.618 e. The number of aromatic nitrogens is 1. The number of carbonyl (C=O) groups is 1. The van der Waals surface area contributed by atoms with Crippen LogP contribution >= 0.6 is 0 Å². The van der Waals surface area contributed by atoms with Crippen LogP contribution in [0.3, 0.4) is 0 Å². The Morgan fingerprint density at radius 1 is 1.11 bits per heavy atom. The molecule has 0 saturated heterocycles. The molecule has 1 heterocycles. The van der Waals surface area contributed by atoms with Gasteiger partial charge in [0.15, 0.2) is 12.0 Å². The number of fused-ring (bicyclic) bond motifs is 6. The fraction of sp³-hybridized carbons (Fsp3) is 0.667. The van der Waals surface area contributed by atoms with Crippen molar-refractivity contribution in [2.24, 2.45) is 35.0 Å². The first kappa shape index (κ1) is 24.1. The summed E-state index contributed by atoms with van der Waals surface area (Å²) in [7, 11) is 0. The molecule has 4 aliphatic carbocycles. The molecule has 0 spiro atoms. The molecule has 0 radical (unpaired) electrons. The summed E-state index contributed by atoms with van der Waals surface area (Å²) in [6.45, 7) is 4.13. The molecule has 5 nitrogen and oxygen atoms in total. The van der Waals surface area contributed by atoms with Crippen LogP contribution in [0.2, 0.25) is 0 Å². The molecule has 0 amide bonds. The van der Waals surface area contributed by atoms with E-state index >= 15 is 4.39 Å². The van der Waals surface area contributed by atoms with Gasteiger partial charge < -0.3 is 15.1 Å². The number of aliphatic hydroxyl groups is 1. The maximum Gasteiger partial charge on any atom is 0.227 e. The summed E-state index contributed by atoms with van der Waals surface area (Å²) in [4.78, 5) is 13.4. The number of carbonyl (C=O) groups excluding carboxylic acids is 1. The van der Waals surface area contributed by atoms with Crippen LogP contribution < -0.4 is 9.47 Å². The minimum Gasteiger partial charge on any atom is -0.618 e. The van der Waals surface area contributed by atoms with Crippen LogP contribution in [0.1, 0.15) is 71.6 Å². The van der Waals surface area contributed by atoms with Crippen LogP contribution in [0.4, 0.5) is 4.39 Å². The van der Waals surface area contributed by atoms with Crippen molar-refractivity contribution in [3.05, 3.63) is 41.7 Å². The first-order valence-electron chi connectivity index (χ1n) is 13.8. The zero-order valence-corrected chi connectivity index (χ0v) is 21.4. The highest BCUT2D eigenvalue weighted by molar-refractivity contribution is 5.84. The molecule has 0 aliphatic heterocycles. The summed E-state index contributed by atoms with van der Waals surface area (Å²) in [5, 5.41) is 23.5. The zero-order valence-electron chi connectivity index (χ0n) is 21.4. The van der Waals surface area contributed by atoms with Crippen LogP contribution in [-0.2, 0) is 4.79 Å². The molecule has 1 aromatic carbocycles. The predicted molar refractivity (Wildman–Crippen MR) is 135 cm³/mol. The smallest absolute Gasteiger partial charge is 0.227 e. The summed E-state index contributed by atoms with van der Waals surface area (Å²) in [5.41, 5.74) is -1.48. The van der Waals surface area contributed by atoms with Gasteiger partial charge in [-0.1, -0.05) is 6.92 Å². The van der Waals surface area contributed by atoms with E-state index in [1.165, 1.54) is 6.20 Å². The molecule has 1 N–H and O–H groups in total. The average Bonchev–Trinajstić information content (AvgIpc) is 3.20. The Morgan fingerprint density at radius 2 is 1.94 bits per heavy atom. The Balaban J connectivity index is 1.15. The van der Waals surface area contributed by atoms with Crippen LogP contribution in [0.25, 0.3) is 10.9 Å². The Morgan fingerprint density at radius 3 is 2.78 bits per heavy atom. The van der Waals surface area contributed by atoms with Crippen molar-refractivity contribution < 1.29 is 23.8 Å². The van der Waals surface area contributed by atoms with Crippen LogP contribution in [0.5, 0.6) is 5.75 Å². The Kier molecular flexibility index (Phi) is 5.64. The normalized spacial score (nSPS) is 41.8. The second kappa shape index (κ2) is 8.41. The van der Waals surface area contributed by atoms with Gasteiger partial charge in [0.05, 0.1) is 11.7 Å². The van der Waals surface area contributed by atoms with Gasteiger partial charge in [0.2, 0.25) is 5.52 Å². The highest BCUT2D eigenvalue weighted by Gasteiger charge is 2.63. The van der Waals surface area contributed by atoms with E-state index in [2.05, 4.69) is 6.92 Å².